The van der Waals surface area contributed by atoms with Gasteiger partial charge < -0.3 is 9.47 Å². The highest BCUT2D eigenvalue weighted by molar-refractivity contribution is 6.36. The highest BCUT2D eigenvalue weighted by Gasteiger charge is 2.16. The summed E-state index contributed by atoms with van der Waals surface area (Å²) in [5, 5.41) is 1.09. The van der Waals surface area contributed by atoms with E-state index in [1.807, 2.05) is 44.2 Å². The molecule has 0 bridgehead atoms. The maximum atomic E-state index is 11.4. The molecule has 0 radical (unpaired) electrons. The van der Waals surface area contributed by atoms with E-state index in [4.69, 9.17) is 32.7 Å². The summed E-state index contributed by atoms with van der Waals surface area (Å²) < 4.78 is 10.6. The molecule has 1 aliphatic heterocycles. The lowest BCUT2D eigenvalue weighted by Crippen LogP contribution is -2.08. The summed E-state index contributed by atoms with van der Waals surface area (Å²) in [6, 6.07) is 3.50. The fourth-order valence-electron chi connectivity index (χ4n) is 2.32. The molecule has 0 saturated carbocycles. The molecular formula is C20H20Cl2O3. The van der Waals surface area contributed by atoms with Gasteiger partial charge in [-0.3, -0.25) is 0 Å². The molecule has 1 aromatic carbocycles. The van der Waals surface area contributed by atoms with Crippen LogP contribution in [0.3, 0.4) is 0 Å². The van der Waals surface area contributed by atoms with Crippen LogP contribution in [0.5, 0.6) is 5.75 Å². The van der Waals surface area contributed by atoms with Gasteiger partial charge in [0.05, 0.1) is 11.6 Å². The van der Waals surface area contributed by atoms with Crippen LogP contribution in [0.15, 0.2) is 53.2 Å². The number of allylic oxidation sites excluding steroid dienone is 4. The van der Waals surface area contributed by atoms with Crippen molar-refractivity contribution in [1.29, 1.82) is 0 Å². The van der Waals surface area contributed by atoms with E-state index in [9.17, 15) is 4.79 Å². The Hall–Kier alpha value is -1.97. The zero-order chi connectivity index (χ0) is 18.4. The van der Waals surface area contributed by atoms with Crippen molar-refractivity contribution in [2.75, 3.05) is 13.2 Å². The molecule has 1 aliphatic rings. The first kappa shape index (κ1) is 19.4. The van der Waals surface area contributed by atoms with Gasteiger partial charge in [-0.15, -0.1) is 0 Å². The van der Waals surface area contributed by atoms with Crippen molar-refractivity contribution in [2.45, 2.75) is 20.8 Å². The lowest BCUT2D eigenvalue weighted by molar-refractivity contribution is -0.137. The zero-order valence-corrected chi connectivity index (χ0v) is 15.9. The van der Waals surface area contributed by atoms with Crippen LogP contribution >= 0.6 is 23.2 Å². The van der Waals surface area contributed by atoms with Gasteiger partial charge in [-0.1, -0.05) is 41.4 Å². The minimum atomic E-state index is -0.334. The Morgan fingerprint density at radius 1 is 1.32 bits per heavy atom. The van der Waals surface area contributed by atoms with Crippen molar-refractivity contribution in [3.63, 3.8) is 0 Å². The number of hydrogen-bond donors (Lipinski definition) is 0. The summed E-state index contributed by atoms with van der Waals surface area (Å²) in [5.41, 5.74) is 3.79. The van der Waals surface area contributed by atoms with Gasteiger partial charge in [0.1, 0.15) is 12.4 Å². The number of fused-ring (bicyclic) bond motifs is 1. The van der Waals surface area contributed by atoms with Gasteiger partial charge in [0.2, 0.25) is 0 Å². The molecule has 0 atom stereocenters. The fourth-order valence-corrected chi connectivity index (χ4v) is 2.88. The predicted octanol–water partition coefficient (Wildman–Crippen LogP) is 5.78. The van der Waals surface area contributed by atoms with Crippen LogP contribution in [0.1, 0.15) is 26.3 Å². The first-order valence-corrected chi connectivity index (χ1v) is 8.69. The van der Waals surface area contributed by atoms with Crippen molar-refractivity contribution in [3.05, 3.63) is 68.8 Å². The zero-order valence-electron chi connectivity index (χ0n) is 14.4. The third-order valence-corrected chi connectivity index (χ3v) is 4.08. The molecule has 0 aromatic heterocycles. The van der Waals surface area contributed by atoms with Gasteiger partial charge in [-0.25, -0.2) is 4.79 Å². The standard InChI is InChI=1S/C20H20Cl2O3/c1-4-24-19(23)8-13(2)6-5-7-14(3)16-9-15-10-17(21)11-18(22)20(15)25-12-16/h5-11H,4,12H2,1-3H3. The summed E-state index contributed by atoms with van der Waals surface area (Å²) in [6.45, 7) is 6.44. The number of benzene rings is 1. The summed E-state index contributed by atoms with van der Waals surface area (Å²) in [6.07, 6.45) is 9.20. The highest BCUT2D eigenvalue weighted by Crippen LogP contribution is 2.37. The Labute approximate surface area is 158 Å². The highest BCUT2D eigenvalue weighted by atomic mass is 35.5. The SMILES string of the molecule is CCOC(=O)C=C(C)C=CC=C(C)C1=Cc2cc(Cl)cc(Cl)c2OC1. The number of carbonyl (C=O) groups excluding carboxylic acids is 1. The van der Waals surface area contributed by atoms with Crippen molar-refractivity contribution < 1.29 is 14.3 Å². The first-order chi connectivity index (χ1) is 11.9. The van der Waals surface area contributed by atoms with Crippen molar-refractivity contribution in [1.82, 2.24) is 0 Å². The molecule has 1 aromatic rings. The van der Waals surface area contributed by atoms with Crippen LogP contribution < -0.4 is 4.74 Å². The lowest BCUT2D eigenvalue weighted by atomic mass is 10.0. The number of ether oxygens (including phenoxy) is 2. The van der Waals surface area contributed by atoms with Crippen LogP contribution in [-0.2, 0) is 9.53 Å². The maximum absolute atomic E-state index is 11.4. The summed E-state index contributed by atoms with van der Waals surface area (Å²) in [7, 11) is 0. The van der Waals surface area contributed by atoms with Gasteiger partial charge in [0.15, 0.2) is 0 Å². The molecule has 0 unspecified atom stereocenters. The van der Waals surface area contributed by atoms with Crippen LogP contribution in [0.4, 0.5) is 0 Å². The third-order valence-electron chi connectivity index (χ3n) is 3.58. The Morgan fingerprint density at radius 2 is 2.08 bits per heavy atom. The number of rotatable bonds is 5. The van der Waals surface area contributed by atoms with Crippen LogP contribution in [-0.4, -0.2) is 19.2 Å². The fraction of sp³-hybridized carbons (Fsp3) is 0.250. The van der Waals surface area contributed by atoms with Crippen LogP contribution in [0.25, 0.3) is 6.08 Å². The Morgan fingerprint density at radius 3 is 2.80 bits per heavy atom. The summed E-state index contributed by atoms with van der Waals surface area (Å²) >= 11 is 12.2. The van der Waals surface area contributed by atoms with Gasteiger partial charge in [0.25, 0.3) is 0 Å². The van der Waals surface area contributed by atoms with Gasteiger partial charge in [-0.05, 0) is 55.7 Å². The van der Waals surface area contributed by atoms with E-state index >= 15 is 0 Å². The minimum absolute atomic E-state index is 0.334. The first-order valence-electron chi connectivity index (χ1n) is 7.93. The van der Waals surface area contributed by atoms with Crippen molar-refractivity contribution >= 4 is 35.2 Å². The lowest BCUT2D eigenvalue weighted by Gasteiger charge is -2.19. The van der Waals surface area contributed by atoms with Gasteiger partial charge in [0, 0.05) is 16.7 Å². The van der Waals surface area contributed by atoms with E-state index in [-0.39, 0.29) is 5.97 Å². The molecule has 1 heterocycles. The molecule has 0 spiro atoms. The minimum Gasteiger partial charge on any atom is -0.487 e. The number of hydrogen-bond acceptors (Lipinski definition) is 3. The monoisotopic (exact) mass is 378 g/mol. The van der Waals surface area contributed by atoms with E-state index in [0.29, 0.717) is 29.0 Å². The second-order valence-electron chi connectivity index (χ2n) is 5.61. The van der Waals surface area contributed by atoms with E-state index in [0.717, 1.165) is 22.3 Å². The van der Waals surface area contributed by atoms with Crippen LogP contribution in [0, 0.1) is 0 Å². The van der Waals surface area contributed by atoms with E-state index in [1.165, 1.54) is 6.08 Å². The molecule has 25 heavy (non-hydrogen) atoms. The third kappa shape index (κ3) is 5.52. The molecule has 0 N–H and O–H groups in total. The Balaban J connectivity index is 2.13. The summed E-state index contributed by atoms with van der Waals surface area (Å²) in [5.74, 6) is 0.325. The molecule has 3 nitrogen and oxygen atoms in total. The molecule has 0 fully saturated rings. The van der Waals surface area contributed by atoms with Gasteiger partial charge >= 0.3 is 5.97 Å². The van der Waals surface area contributed by atoms with Crippen molar-refractivity contribution in [3.8, 4) is 5.75 Å². The second-order valence-corrected chi connectivity index (χ2v) is 6.46. The largest absolute Gasteiger partial charge is 0.487 e. The Kier molecular flexibility index (Phi) is 6.91. The van der Waals surface area contributed by atoms with E-state index in [2.05, 4.69) is 0 Å². The molecule has 5 heteroatoms. The summed E-state index contributed by atoms with van der Waals surface area (Å²) in [4.78, 5) is 11.4. The molecule has 0 aliphatic carbocycles. The van der Waals surface area contributed by atoms with E-state index < -0.39 is 0 Å². The van der Waals surface area contributed by atoms with E-state index in [1.54, 1.807) is 13.0 Å². The molecule has 2 rings (SSSR count). The number of esters is 1. The molecule has 132 valence electrons. The number of carbonyl (C=O) groups is 1. The maximum Gasteiger partial charge on any atom is 0.330 e. The molecule has 0 saturated heterocycles. The smallest absolute Gasteiger partial charge is 0.330 e. The quantitative estimate of drug-likeness (QED) is 0.370. The van der Waals surface area contributed by atoms with Crippen LogP contribution in [0.2, 0.25) is 10.0 Å². The molecule has 0 amide bonds. The topological polar surface area (TPSA) is 35.5 Å². The average Bonchev–Trinajstić information content (AvgIpc) is 2.54. The number of halogens is 2. The normalized spacial score (nSPS) is 14.8. The Bertz CT molecular complexity index is 786. The average molecular weight is 379 g/mol. The molecular weight excluding hydrogens is 359 g/mol. The van der Waals surface area contributed by atoms with Crippen molar-refractivity contribution in [2.24, 2.45) is 0 Å². The van der Waals surface area contributed by atoms with Gasteiger partial charge in [-0.2, -0.15) is 0 Å². The predicted molar refractivity (Wildman–Crippen MR) is 103 cm³/mol. The second kappa shape index (κ2) is 8.93.